The zero-order valence-electron chi connectivity index (χ0n) is 24.8. The molecule has 0 amide bonds. The summed E-state index contributed by atoms with van der Waals surface area (Å²) >= 11 is 15.1. The third-order valence-electron chi connectivity index (χ3n) is 7.58. The van der Waals surface area contributed by atoms with E-state index in [2.05, 4.69) is 32.5 Å². The van der Waals surface area contributed by atoms with Crippen LogP contribution in [-0.4, -0.2) is 53.8 Å². The van der Waals surface area contributed by atoms with Crippen molar-refractivity contribution in [2.24, 2.45) is 0 Å². The van der Waals surface area contributed by atoms with Crippen LogP contribution in [0.4, 0.5) is 0 Å². The number of aromatic nitrogens is 8. The molecule has 0 unspecified atom stereocenters. The van der Waals surface area contributed by atoms with Gasteiger partial charge in [-0.25, -0.2) is 0 Å². The van der Waals surface area contributed by atoms with Crippen LogP contribution in [0.1, 0.15) is 11.1 Å². The minimum Gasteiger partial charge on any atom is -0.496 e. The Morgan fingerprint density at radius 1 is 0.574 bits per heavy atom. The number of benzene rings is 4. The van der Waals surface area contributed by atoms with Crippen LogP contribution < -0.4 is 9.47 Å². The highest BCUT2D eigenvalue weighted by Crippen LogP contribution is 2.36. The first-order valence-corrected chi connectivity index (χ1v) is 16.7. The first-order chi connectivity index (χ1) is 23.0. The topological polar surface area (TPSA) is 105 Å². The lowest BCUT2D eigenvalue weighted by atomic mass is 9.99. The van der Waals surface area contributed by atoms with Gasteiger partial charge >= 0.3 is 0 Å². The molecule has 0 N–H and O–H groups in total. The number of hydrogen-bond donors (Lipinski definition) is 0. The Morgan fingerprint density at radius 3 is 1.40 bits per heavy atom. The Kier molecular flexibility index (Phi) is 7.57. The van der Waals surface area contributed by atoms with Crippen LogP contribution in [-0.2, 0) is 6.42 Å². The predicted molar refractivity (Wildman–Crippen MR) is 185 cm³/mol. The van der Waals surface area contributed by atoms with Crippen molar-refractivity contribution in [3.63, 3.8) is 0 Å². The molecule has 14 heteroatoms. The molecule has 8 rings (SSSR count). The normalized spacial score (nSPS) is 11.5. The number of halogens is 2. The number of fused-ring (bicyclic) bond motifs is 2. The summed E-state index contributed by atoms with van der Waals surface area (Å²) in [6.45, 7) is 0. The van der Waals surface area contributed by atoms with Crippen LogP contribution in [0.2, 0.25) is 10.0 Å². The number of rotatable bonds is 8. The van der Waals surface area contributed by atoms with E-state index in [0.29, 0.717) is 49.5 Å². The second-order valence-corrected chi connectivity index (χ2v) is 13.3. The van der Waals surface area contributed by atoms with Crippen molar-refractivity contribution in [3.05, 3.63) is 106 Å². The smallest absolute Gasteiger partial charge is 0.235 e. The van der Waals surface area contributed by atoms with Gasteiger partial charge in [0, 0.05) is 21.2 Å². The zero-order chi connectivity index (χ0) is 32.1. The van der Waals surface area contributed by atoms with E-state index in [1.165, 1.54) is 22.7 Å². The lowest BCUT2D eigenvalue weighted by molar-refractivity contribution is 0.416. The highest BCUT2D eigenvalue weighted by Gasteiger charge is 2.21. The van der Waals surface area contributed by atoms with E-state index >= 15 is 0 Å². The van der Waals surface area contributed by atoms with Gasteiger partial charge in [-0.2, -0.15) is 19.2 Å². The van der Waals surface area contributed by atoms with E-state index in [1.54, 1.807) is 23.3 Å². The molecule has 4 aromatic carbocycles. The minimum atomic E-state index is 0.594. The van der Waals surface area contributed by atoms with Gasteiger partial charge in [0.25, 0.3) is 0 Å². The third-order valence-corrected chi connectivity index (χ3v) is 9.98. The standard InChI is InChI=1S/C33H22Cl2N8O2S2/c1-44-26-13-3-18(16-24(26)28-36-38-32-42(28)40-30(46-32)20-5-9-22(34)10-6-20)15-19-4-14-27(45-2)25(17-19)29-37-39-33-43(29)41-31(47-33)21-7-11-23(35)12-8-21/h3-14,16-17H,15H2,1-2H3. The fourth-order valence-corrected chi connectivity index (χ4v) is 7.24. The molecule has 0 aliphatic carbocycles. The molecule has 0 saturated carbocycles. The van der Waals surface area contributed by atoms with Gasteiger partial charge in [0.05, 0.1) is 25.3 Å². The molecule has 0 fully saturated rings. The maximum Gasteiger partial charge on any atom is 0.235 e. The Bertz CT molecular complexity index is 2230. The number of hydrogen-bond acceptors (Lipinski definition) is 10. The molecule has 4 aromatic heterocycles. The summed E-state index contributed by atoms with van der Waals surface area (Å²) in [5.41, 5.74) is 5.58. The third kappa shape index (κ3) is 5.48. The largest absolute Gasteiger partial charge is 0.496 e. The molecule has 47 heavy (non-hydrogen) atoms. The second kappa shape index (κ2) is 12.0. The van der Waals surface area contributed by atoms with Crippen molar-refractivity contribution < 1.29 is 9.47 Å². The van der Waals surface area contributed by atoms with Crippen LogP contribution >= 0.6 is 45.9 Å². The fraction of sp³-hybridized carbons (Fsp3) is 0.0909. The van der Waals surface area contributed by atoms with E-state index in [0.717, 1.165) is 43.4 Å². The fourth-order valence-electron chi connectivity index (χ4n) is 5.30. The van der Waals surface area contributed by atoms with Gasteiger partial charge in [-0.05, 0) is 66.1 Å². The molecule has 0 saturated heterocycles. The summed E-state index contributed by atoms with van der Waals surface area (Å²) in [6.07, 6.45) is 0.623. The second-order valence-electron chi connectivity index (χ2n) is 10.5. The van der Waals surface area contributed by atoms with Crippen LogP contribution in [0.3, 0.4) is 0 Å². The van der Waals surface area contributed by atoms with E-state index in [1.807, 2.05) is 72.8 Å². The summed E-state index contributed by atoms with van der Waals surface area (Å²) in [4.78, 5) is 1.36. The van der Waals surface area contributed by atoms with Gasteiger partial charge in [0.15, 0.2) is 11.6 Å². The summed E-state index contributed by atoms with van der Waals surface area (Å²) in [5, 5.41) is 30.4. The van der Waals surface area contributed by atoms with Crippen LogP contribution in [0, 0.1) is 0 Å². The zero-order valence-corrected chi connectivity index (χ0v) is 27.9. The summed E-state index contributed by atoms with van der Waals surface area (Å²) in [5.74, 6) is 2.53. The van der Waals surface area contributed by atoms with Crippen molar-refractivity contribution in [1.82, 2.24) is 39.6 Å². The van der Waals surface area contributed by atoms with Gasteiger partial charge in [0.1, 0.15) is 21.5 Å². The average Bonchev–Trinajstić information content (AvgIpc) is 3.87. The highest BCUT2D eigenvalue weighted by molar-refractivity contribution is 7.20. The van der Waals surface area contributed by atoms with Crippen molar-refractivity contribution in [3.8, 4) is 55.4 Å². The Labute approximate surface area is 285 Å². The first-order valence-electron chi connectivity index (χ1n) is 14.3. The Hall–Kier alpha value is -4.88. The van der Waals surface area contributed by atoms with Crippen LogP contribution in [0.5, 0.6) is 11.5 Å². The molecule has 0 spiro atoms. The molecule has 4 heterocycles. The molecular formula is C33H22Cl2N8O2S2. The van der Waals surface area contributed by atoms with Crippen molar-refractivity contribution >= 4 is 55.8 Å². The van der Waals surface area contributed by atoms with Gasteiger partial charge in [-0.15, -0.1) is 20.4 Å². The molecular weight excluding hydrogens is 675 g/mol. The molecule has 0 aliphatic heterocycles. The molecule has 10 nitrogen and oxygen atoms in total. The highest BCUT2D eigenvalue weighted by atomic mass is 35.5. The van der Waals surface area contributed by atoms with E-state index in [4.69, 9.17) is 42.9 Å². The number of nitrogens with zero attached hydrogens (tertiary/aromatic N) is 8. The quantitative estimate of drug-likeness (QED) is 0.156. The Balaban J connectivity index is 1.14. The van der Waals surface area contributed by atoms with E-state index < -0.39 is 0 Å². The van der Waals surface area contributed by atoms with Crippen molar-refractivity contribution in [2.45, 2.75) is 6.42 Å². The van der Waals surface area contributed by atoms with Gasteiger partial charge in [-0.3, -0.25) is 0 Å². The molecule has 0 radical (unpaired) electrons. The van der Waals surface area contributed by atoms with Crippen LogP contribution in [0.15, 0.2) is 84.9 Å². The number of methoxy groups -OCH3 is 2. The lowest BCUT2D eigenvalue weighted by Gasteiger charge is -2.11. The molecule has 0 bridgehead atoms. The molecule has 0 atom stereocenters. The molecule has 8 aromatic rings. The van der Waals surface area contributed by atoms with Crippen molar-refractivity contribution in [2.75, 3.05) is 14.2 Å². The molecule has 232 valence electrons. The summed E-state index contributed by atoms with van der Waals surface area (Å²) in [7, 11) is 3.28. The van der Waals surface area contributed by atoms with Crippen LogP contribution in [0.25, 0.3) is 53.8 Å². The lowest BCUT2D eigenvalue weighted by Crippen LogP contribution is -1.99. The summed E-state index contributed by atoms with van der Waals surface area (Å²) in [6, 6.07) is 27.2. The number of ether oxygens (including phenoxy) is 2. The van der Waals surface area contributed by atoms with E-state index in [-0.39, 0.29) is 0 Å². The van der Waals surface area contributed by atoms with E-state index in [9.17, 15) is 0 Å². The maximum absolute atomic E-state index is 6.09. The summed E-state index contributed by atoms with van der Waals surface area (Å²) < 4.78 is 15.0. The minimum absolute atomic E-state index is 0.594. The molecule has 0 aliphatic rings. The maximum atomic E-state index is 6.09. The monoisotopic (exact) mass is 696 g/mol. The van der Waals surface area contributed by atoms with Crippen molar-refractivity contribution in [1.29, 1.82) is 0 Å². The first kappa shape index (κ1) is 29.5. The van der Waals surface area contributed by atoms with Gasteiger partial charge < -0.3 is 9.47 Å². The predicted octanol–water partition coefficient (Wildman–Crippen LogP) is 8.27. The average molecular weight is 698 g/mol. The Morgan fingerprint density at radius 2 is 1.00 bits per heavy atom. The van der Waals surface area contributed by atoms with Gasteiger partial charge in [0.2, 0.25) is 9.92 Å². The SMILES string of the molecule is COc1ccc(Cc2ccc(OC)c(-c3nnc4sc(-c5ccc(Cl)cc5)nn34)c2)cc1-c1nnc2sc(-c3ccc(Cl)cc3)nn12. The van der Waals surface area contributed by atoms with Gasteiger partial charge in [-0.1, -0.05) is 82.3 Å².